The fourth-order valence-electron chi connectivity index (χ4n) is 4.26. The van der Waals surface area contributed by atoms with Crippen LogP contribution in [0.25, 0.3) is 11.0 Å². The molecule has 3 aromatic rings. The second-order valence-electron chi connectivity index (χ2n) is 7.07. The van der Waals surface area contributed by atoms with Gasteiger partial charge in [0, 0.05) is 25.8 Å². The quantitative estimate of drug-likeness (QED) is 0.717. The summed E-state index contributed by atoms with van der Waals surface area (Å²) >= 11 is 0. The van der Waals surface area contributed by atoms with Crippen LogP contribution in [0.4, 0.5) is 17.3 Å². The third kappa shape index (κ3) is 2.42. The number of aromatic nitrogens is 2. The first-order chi connectivity index (χ1) is 12.3. The predicted octanol–water partition coefficient (Wildman–Crippen LogP) is 3.71. The van der Waals surface area contributed by atoms with Crippen molar-refractivity contribution in [1.82, 2.24) is 9.55 Å². The SMILES string of the molecule is Cn1c(NNc2cc3c4c(c2)CCCN4CCC3)nc2ccccc21. The Kier molecular flexibility index (Phi) is 3.33. The molecule has 5 rings (SSSR count). The van der Waals surface area contributed by atoms with E-state index in [1.807, 2.05) is 25.2 Å². The van der Waals surface area contributed by atoms with Crippen LogP contribution in [-0.4, -0.2) is 22.6 Å². The highest BCUT2D eigenvalue weighted by Crippen LogP contribution is 2.37. The molecule has 2 aromatic carbocycles. The number of para-hydroxylation sites is 2. The molecule has 0 radical (unpaired) electrons. The van der Waals surface area contributed by atoms with Gasteiger partial charge in [-0.05, 0) is 61.1 Å². The molecule has 0 spiro atoms. The molecule has 0 aliphatic carbocycles. The summed E-state index contributed by atoms with van der Waals surface area (Å²) in [6.07, 6.45) is 4.88. The number of hydrogen-bond acceptors (Lipinski definition) is 4. The predicted molar refractivity (Wildman–Crippen MR) is 103 cm³/mol. The molecule has 0 amide bonds. The van der Waals surface area contributed by atoms with Crippen molar-refractivity contribution >= 4 is 28.4 Å². The van der Waals surface area contributed by atoms with Gasteiger partial charge in [-0.15, -0.1) is 0 Å². The molecule has 0 atom stereocenters. The lowest BCUT2D eigenvalue weighted by Crippen LogP contribution is -2.34. The fraction of sp³-hybridized carbons (Fsp3) is 0.350. The van der Waals surface area contributed by atoms with E-state index in [2.05, 4.69) is 43.5 Å². The summed E-state index contributed by atoms with van der Waals surface area (Å²) < 4.78 is 2.08. The van der Waals surface area contributed by atoms with E-state index in [0.717, 1.165) is 22.7 Å². The van der Waals surface area contributed by atoms with Gasteiger partial charge >= 0.3 is 0 Å². The average Bonchev–Trinajstić information content (AvgIpc) is 2.97. The molecule has 0 fully saturated rings. The van der Waals surface area contributed by atoms with Crippen molar-refractivity contribution in [3.8, 4) is 0 Å². The number of anilines is 3. The first-order valence-electron chi connectivity index (χ1n) is 9.14. The Hall–Kier alpha value is -2.69. The van der Waals surface area contributed by atoms with Crippen LogP contribution >= 0.6 is 0 Å². The van der Waals surface area contributed by atoms with Gasteiger partial charge in [0.05, 0.1) is 16.7 Å². The highest BCUT2D eigenvalue weighted by atomic mass is 15.4. The number of imidazole rings is 1. The molecular formula is C20H23N5. The zero-order valence-corrected chi connectivity index (χ0v) is 14.5. The van der Waals surface area contributed by atoms with E-state index in [1.165, 1.54) is 55.6 Å². The maximum Gasteiger partial charge on any atom is 0.222 e. The van der Waals surface area contributed by atoms with Gasteiger partial charge in [-0.2, -0.15) is 0 Å². The molecule has 0 unspecified atom stereocenters. The molecule has 3 heterocycles. The van der Waals surface area contributed by atoms with Crippen molar-refractivity contribution in [2.24, 2.45) is 7.05 Å². The van der Waals surface area contributed by atoms with Crippen molar-refractivity contribution < 1.29 is 0 Å². The van der Waals surface area contributed by atoms with Gasteiger partial charge < -0.3 is 9.47 Å². The molecule has 128 valence electrons. The number of nitrogens with zero attached hydrogens (tertiary/aromatic N) is 3. The number of rotatable bonds is 3. The van der Waals surface area contributed by atoms with E-state index >= 15 is 0 Å². The smallest absolute Gasteiger partial charge is 0.222 e. The largest absolute Gasteiger partial charge is 0.371 e. The Morgan fingerprint density at radius 2 is 1.68 bits per heavy atom. The Labute approximate surface area is 147 Å². The summed E-state index contributed by atoms with van der Waals surface area (Å²) in [7, 11) is 2.04. The van der Waals surface area contributed by atoms with E-state index in [4.69, 9.17) is 0 Å². The maximum atomic E-state index is 4.66. The van der Waals surface area contributed by atoms with Crippen LogP contribution < -0.4 is 15.8 Å². The highest BCUT2D eigenvalue weighted by Gasteiger charge is 2.24. The first-order valence-corrected chi connectivity index (χ1v) is 9.14. The molecule has 0 saturated carbocycles. The summed E-state index contributed by atoms with van der Waals surface area (Å²) in [6, 6.07) is 12.8. The minimum absolute atomic E-state index is 0.828. The van der Waals surface area contributed by atoms with Crippen LogP contribution in [0.2, 0.25) is 0 Å². The number of benzene rings is 2. The second kappa shape index (κ2) is 5.69. The van der Waals surface area contributed by atoms with Gasteiger partial charge in [0.1, 0.15) is 0 Å². The Balaban J connectivity index is 1.43. The van der Waals surface area contributed by atoms with Crippen LogP contribution in [0.5, 0.6) is 0 Å². The van der Waals surface area contributed by atoms with E-state index in [0.29, 0.717) is 0 Å². The molecule has 25 heavy (non-hydrogen) atoms. The minimum Gasteiger partial charge on any atom is -0.371 e. The molecular weight excluding hydrogens is 310 g/mol. The number of fused-ring (bicyclic) bond motifs is 1. The molecule has 2 aliphatic heterocycles. The Morgan fingerprint density at radius 3 is 2.40 bits per heavy atom. The molecule has 5 heteroatoms. The van der Waals surface area contributed by atoms with Gasteiger partial charge in [0.25, 0.3) is 0 Å². The van der Waals surface area contributed by atoms with Gasteiger partial charge in [-0.3, -0.25) is 10.9 Å². The number of aryl methyl sites for hydroxylation is 3. The summed E-state index contributed by atoms with van der Waals surface area (Å²) in [5, 5.41) is 0. The summed E-state index contributed by atoms with van der Waals surface area (Å²) in [5.41, 5.74) is 14.4. The van der Waals surface area contributed by atoms with Gasteiger partial charge in [0.2, 0.25) is 5.95 Å². The van der Waals surface area contributed by atoms with Crippen molar-refractivity contribution in [1.29, 1.82) is 0 Å². The number of nitrogens with one attached hydrogen (secondary N) is 2. The normalized spacial score (nSPS) is 16.0. The van der Waals surface area contributed by atoms with Crippen LogP contribution in [0.3, 0.4) is 0 Å². The third-order valence-corrected chi connectivity index (χ3v) is 5.44. The van der Waals surface area contributed by atoms with Gasteiger partial charge in [0.15, 0.2) is 0 Å². The lowest BCUT2D eigenvalue weighted by atomic mass is 9.91. The van der Waals surface area contributed by atoms with Crippen LogP contribution in [0.15, 0.2) is 36.4 Å². The van der Waals surface area contributed by atoms with Gasteiger partial charge in [-0.25, -0.2) is 4.98 Å². The summed E-state index contributed by atoms with van der Waals surface area (Å²) in [5.74, 6) is 0.828. The van der Waals surface area contributed by atoms with Gasteiger partial charge in [-0.1, -0.05) is 12.1 Å². The Morgan fingerprint density at radius 1 is 0.960 bits per heavy atom. The van der Waals surface area contributed by atoms with Crippen LogP contribution in [-0.2, 0) is 19.9 Å². The fourth-order valence-corrected chi connectivity index (χ4v) is 4.26. The van der Waals surface area contributed by atoms with E-state index in [1.54, 1.807) is 0 Å². The van der Waals surface area contributed by atoms with E-state index in [-0.39, 0.29) is 0 Å². The minimum atomic E-state index is 0.828. The average molecular weight is 333 g/mol. The second-order valence-corrected chi connectivity index (χ2v) is 7.07. The molecule has 0 saturated heterocycles. The van der Waals surface area contributed by atoms with Crippen molar-refractivity contribution in [3.05, 3.63) is 47.5 Å². The molecule has 5 nitrogen and oxygen atoms in total. The first kappa shape index (κ1) is 14.6. The topological polar surface area (TPSA) is 45.1 Å². The third-order valence-electron chi connectivity index (χ3n) is 5.44. The lowest BCUT2D eigenvalue weighted by Gasteiger charge is -2.37. The number of hydrogen-bond donors (Lipinski definition) is 2. The molecule has 1 aromatic heterocycles. The highest BCUT2D eigenvalue weighted by molar-refractivity contribution is 5.78. The standard InChI is InChI=1S/C20H23N5/c1-24-18-9-3-2-8-17(18)21-20(24)23-22-16-12-14-6-4-10-25-11-5-7-15(13-16)19(14)25/h2-3,8-9,12-13,22H,4-7,10-11H2,1H3,(H,21,23). The zero-order valence-electron chi connectivity index (χ0n) is 14.5. The molecule has 0 bridgehead atoms. The molecule has 2 aliphatic rings. The van der Waals surface area contributed by atoms with E-state index in [9.17, 15) is 0 Å². The maximum absolute atomic E-state index is 4.66. The Bertz CT molecular complexity index is 911. The lowest BCUT2D eigenvalue weighted by molar-refractivity contribution is 0.634. The number of hydrazine groups is 1. The summed E-state index contributed by atoms with van der Waals surface area (Å²) in [4.78, 5) is 7.23. The summed E-state index contributed by atoms with van der Waals surface area (Å²) in [6.45, 7) is 2.43. The van der Waals surface area contributed by atoms with Crippen molar-refractivity contribution in [2.75, 3.05) is 28.8 Å². The van der Waals surface area contributed by atoms with Crippen molar-refractivity contribution in [3.63, 3.8) is 0 Å². The van der Waals surface area contributed by atoms with Crippen LogP contribution in [0, 0.1) is 0 Å². The monoisotopic (exact) mass is 333 g/mol. The molecule has 2 N–H and O–H groups in total. The van der Waals surface area contributed by atoms with E-state index < -0.39 is 0 Å². The zero-order chi connectivity index (χ0) is 16.8. The van der Waals surface area contributed by atoms with Crippen molar-refractivity contribution in [2.45, 2.75) is 25.7 Å². The van der Waals surface area contributed by atoms with Crippen LogP contribution in [0.1, 0.15) is 24.0 Å².